The first-order chi connectivity index (χ1) is 32.1. The number of carboxylic acids is 1. The van der Waals surface area contributed by atoms with Crippen LogP contribution in [0.3, 0.4) is 0 Å². The van der Waals surface area contributed by atoms with Crippen molar-refractivity contribution < 1.29 is 38.2 Å². The molecule has 380 valence electrons. The van der Waals surface area contributed by atoms with Crippen LogP contribution in [-0.4, -0.2) is 80.6 Å². The zero-order valence-corrected chi connectivity index (χ0v) is 43.4. The summed E-state index contributed by atoms with van der Waals surface area (Å²) in [5.74, 6) is -1.51. The highest BCUT2D eigenvalue weighted by Gasteiger charge is 2.31. The van der Waals surface area contributed by atoms with E-state index in [9.17, 15) is 19.5 Å². The van der Waals surface area contributed by atoms with Gasteiger partial charge >= 0.3 is 17.9 Å². The summed E-state index contributed by atoms with van der Waals surface area (Å²) < 4.78 is 17.3. The van der Waals surface area contributed by atoms with Crippen LogP contribution in [0.5, 0.6) is 0 Å². The zero-order chi connectivity index (χ0) is 48.4. The molecule has 0 aliphatic carbocycles. The van der Waals surface area contributed by atoms with Gasteiger partial charge in [0.25, 0.3) is 0 Å². The van der Waals surface area contributed by atoms with E-state index in [2.05, 4.69) is 86.8 Å². The molecule has 0 bridgehead atoms. The highest BCUT2D eigenvalue weighted by Crippen LogP contribution is 2.15. The average Bonchev–Trinajstić information content (AvgIpc) is 3.28. The molecule has 0 rings (SSSR count). The van der Waals surface area contributed by atoms with E-state index in [1.807, 2.05) is 21.1 Å². The van der Waals surface area contributed by atoms with Crippen molar-refractivity contribution >= 4 is 17.9 Å². The first-order valence-electron chi connectivity index (χ1n) is 27.0. The van der Waals surface area contributed by atoms with E-state index in [0.29, 0.717) is 19.3 Å². The van der Waals surface area contributed by atoms with E-state index in [0.717, 1.165) is 77.0 Å². The van der Waals surface area contributed by atoms with Gasteiger partial charge in [0.2, 0.25) is 0 Å². The van der Waals surface area contributed by atoms with Gasteiger partial charge in [0.15, 0.2) is 12.1 Å². The van der Waals surface area contributed by atoms with Crippen LogP contribution in [0.4, 0.5) is 0 Å². The number of hydrogen-bond acceptors (Lipinski definition) is 6. The third-order valence-electron chi connectivity index (χ3n) is 11.8. The van der Waals surface area contributed by atoms with E-state index >= 15 is 0 Å². The maximum atomic E-state index is 12.8. The minimum absolute atomic E-state index is 0.0460. The summed E-state index contributed by atoms with van der Waals surface area (Å²) in [4.78, 5) is 37.2. The maximum Gasteiger partial charge on any atom is 0.362 e. The Bertz CT molecular complexity index is 1310. The number of esters is 2. The molecule has 0 saturated carbocycles. The Kier molecular flexibility index (Phi) is 45.9. The Morgan fingerprint density at radius 3 is 1.29 bits per heavy atom. The Hall–Kier alpha value is -3.23. The van der Waals surface area contributed by atoms with Crippen molar-refractivity contribution in [2.45, 2.75) is 238 Å². The molecule has 66 heavy (non-hydrogen) atoms. The normalized spacial score (nSPS) is 13.4. The average molecular weight is 925 g/mol. The maximum absolute atomic E-state index is 12.8. The van der Waals surface area contributed by atoms with Gasteiger partial charge in [-0.2, -0.15) is 0 Å². The smallest absolute Gasteiger partial charge is 0.362 e. The van der Waals surface area contributed by atoms with Gasteiger partial charge in [-0.1, -0.05) is 196 Å². The summed E-state index contributed by atoms with van der Waals surface area (Å²) >= 11 is 0. The largest absolute Gasteiger partial charge is 0.477 e. The Balaban J connectivity index is 4.27. The number of allylic oxidation sites excluding steroid dienone is 12. The molecule has 0 aromatic rings. The van der Waals surface area contributed by atoms with E-state index in [-0.39, 0.29) is 36.2 Å². The number of aliphatic carboxylic acids is 1. The standard InChI is InChI=1S/C58H101NO7/c1-6-8-10-12-14-16-18-20-22-24-26-27-28-29-31-33-35-37-39-41-43-45-47-49-57(61)66-54(52-64-51-50-55(58(62)63)59(3,4)5)53-65-56(60)48-46-44-42-40-38-36-34-32-30-25-23-21-19-17-15-13-11-9-7-2/h9,11,15,17,21,23,29-32,36,38,54-55H,6-8,10,12-14,16,18-20,22,24-28,33-35,37,39-53H2,1-5H3/p+1/b11-9+,17-15+,23-21+,31-29+,32-30+,38-36+. The molecule has 0 spiro atoms. The minimum atomic E-state index is -0.881. The van der Waals surface area contributed by atoms with Crippen LogP contribution in [-0.2, 0) is 28.6 Å². The van der Waals surface area contributed by atoms with Crippen LogP contribution < -0.4 is 0 Å². The van der Waals surface area contributed by atoms with Gasteiger partial charge in [-0.05, 0) is 83.5 Å². The van der Waals surface area contributed by atoms with Crippen molar-refractivity contribution in [3.05, 3.63) is 72.9 Å². The summed E-state index contributed by atoms with van der Waals surface area (Å²) in [6.45, 7) is 4.60. The highest BCUT2D eigenvalue weighted by atomic mass is 16.6. The summed E-state index contributed by atoms with van der Waals surface area (Å²) in [5, 5.41) is 9.66. The lowest BCUT2D eigenvalue weighted by molar-refractivity contribution is -0.887. The van der Waals surface area contributed by atoms with E-state index < -0.39 is 18.1 Å². The monoisotopic (exact) mass is 925 g/mol. The highest BCUT2D eigenvalue weighted by molar-refractivity contribution is 5.72. The number of carboxylic acid groups (broad SMARTS) is 1. The Morgan fingerprint density at radius 1 is 0.470 bits per heavy atom. The number of carbonyl (C=O) groups excluding carboxylic acids is 2. The zero-order valence-electron chi connectivity index (χ0n) is 43.4. The first kappa shape index (κ1) is 62.8. The number of hydrogen-bond donors (Lipinski definition) is 1. The molecule has 0 amide bonds. The van der Waals surface area contributed by atoms with Gasteiger partial charge in [0, 0.05) is 19.3 Å². The minimum Gasteiger partial charge on any atom is -0.477 e. The molecule has 0 saturated heterocycles. The number of ether oxygens (including phenoxy) is 3. The fraction of sp³-hybridized carbons (Fsp3) is 0.741. The molecular weight excluding hydrogens is 823 g/mol. The number of nitrogens with zero attached hydrogens (tertiary/aromatic N) is 1. The van der Waals surface area contributed by atoms with Crippen LogP contribution in [0, 0.1) is 0 Å². The van der Waals surface area contributed by atoms with Gasteiger partial charge < -0.3 is 23.8 Å². The molecular formula is C58H102NO7+. The molecule has 8 heteroatoms. The third-order valence-corrected chi connectivity index (χ3v) is 11.8. The lowest BCUT2D eigenvalue weighted by atomic mass is 10.0. The van der Waals surface area contributed by atoms with Crippen molar-refractivity contribution in [1.82, 2.24) is 0 Å². The molecule has 0 aromatic heterocycles. The molecule has 0 fully saturated rings. The summed E-state index contributed by atoms with van der Waals surface area (Å²) in [5.41, 5.74) is 0. The van der Waals surface area contributed by atoms with E-state index in [1.54, 1.807) is 0 Å². The molecule has 0 aliphatic rings. The van der Waals surface area contributed by atoms with Crippen molar-refractivity contribution in [2.24, 2.45) is 0 Å². The quantitative estimate of drug-likeness (QED) is 0.0281. The molecule has 2 atom stereocenters. The predicted molar refractivity (Wildman–Crippen MR) is 280 cm³/mol. The Labute approximate surface area is 406 Å². The fourth-order valence-electron chi connectivity index (χ4n) is 7.70. The van der Waals surface area contributed by atoms with Crippen molar-refractivity contribution in [3.63, 3.8) is 0 Å². The van der Waals surface area contributed by atoms with Gasteiger partial charge in [-0.25, -0.2) is 4.79 Å². The topological polar surface area (TPSA) is 99.1 Å². The first-order valence-corrected chi connectivity index (χ1v) is 27.0. The van der Waals surface area contributed by atoms with Crippen LogP contribution in [0.1, 0.15) is 226 Å². The van der Waals surface area contributed by atoms with E-state index in [4.69, 9.17) is 14.2 Å². The number of quaternary nitrogens is 1. The van der Waals surface area contributed by atoms with Gasteiger partial charge in [0.1, 0.15) is 6.61 Å². The molecule has 1 N–H and O–H groups in total. The molecule has 0 aromatic carbocycles. The number of likely N-dealkylation sites (N-methyl/N-ethyl adjacent to an activating group) is 1. The molecule has 8 nitrogen and oxygen atoms in total. The molecule has 0 radical (unpaired) electrons. The lowest BCUT2D eigenvalue weighted by Crippen LogP contribution is -2.50. The van der Waals surface area contributed by atoms with Crippen molar-refractivity contribution in [1.29, 1.82) is 0 Å². The van der Waals surface area contributed by atoms with Crippen LogP contribution in [0.25, 0.3) is 0 Å². The van der Waals surface area contributed by atoms with Gasteiger partial charge in [-0.3, -0.25) is 9.59 Å². The number of unbranched alkanes of at least 4 members (excludes halogenated alkanes) is 22. The third kappa shape index (κ3) is 45.9. The van der Waals surface area contributed by atoms with E-state index in [1.165, 1.54) is 116 Å². The van der Waals surface area contributed by atoms with Gasteiger partial charge in [-0.15, -0.1) is 0 Å². The van der Waals surface area contributed by atoms with Crippen LogP contribution in [0.2, 0.25) is 0 Å². The van der Waals surface area contributed by atoms with Crippen molar-refractivity contribution in [2.75, 3.05) is 41.0 Å². The summed E-state index contributed by atoms with van der Waals surface area (Å²) in [7, 11) is 5.52. The second-order valence-electron chi connectivity index (χ2n) is 19.1. The number of carbonyl (C=O) groups is 3. The molecule has 0 aliphatic heterocycles. The summed E-state index contributed by atoms with van der Waals surface area (Å²) in [6.07, 6.45) is 62.5. The number of rotatable bonds is 48. The van der Waals surface area contributed by atoms with Crippen LogP contribution >= 0.6 is 0 Å². The summed E-state index contributed by atoms with van der Waals surface area (Å²) in [6, 6.07) is -0.625. The SMILES string of the molecule is CC/C=C/C/C=C/C/C=C/C/C=C/C/C=C/CCCCCC(=O)OCC(COCCC(C(=O)O)[N+](C)(C)C)OC(=O)CCCCCCCCC/C=C/CCCCCCCCCCCCCC. The second-order valence-corrected chi connectivity index (χ2v) is 19.1. The fourth-order valence-corrected chi connectivity index (χ4v) is 7.70. The van der Waals surface area contributed by atoms with Crippen molar-refractivity contribution in [3.8, 4) is 0 Å². The Morgan fingerprint density at radius 2 is 0.848 bits per heavy atom. The molecule has 0 heterocycles. The molecule has 2 unspecified atom stereocenters. The van der Waals surface area contributed by atoms with Crippen LogP contribution in [0.15, 0.2) is 72.9 Å². The second kappa shape index (κ2) is 48.2. The lowest BCUT2D eigenvalue weighted by Gasteiger charge is -2.31. The van der Waals surface area contributed by atoms with Gasteiger partial charge in [0.05, 0.1) is 34.4 Å². The predicted octanol–water partition coefficient (Wildman–Crippen LogP) is 15.9.